The fourth-order valence-corrected chi connectivity index (χ4v) is 2.35. The highest BCUT2D eigenvalue weighted by molar-refractivity contribution is 9.09. The van der Waals surface area contributed by atoms with Crippen LogP contribution in [0.25, 0.3) is 0 Å². The molecule has 106 valence electrons. The van der Waals surface area contributed by atoms with E-state index < -0.39 is 0 Å². The zero-order valence-corrected chi connectivity index (χ0v) is 13.7. The van der Waals surface area contributed by atoms with Crippen molar-refractivity contribution < 1.29 is 4.79 Å². The summed E-state index contributed by atoms with van der Waals surface area (Å²) in [5, 5.41) is 1.04. The highest BCUT2D eigenvalue weighted by Crippen LogP contribution is 2.15. The molecule has 1 aromatic rings. The molecule has 0 spiro atoms. The molecule has 0 atom stereocenters. The van der Waals surface area contributed by atoms with Crippen LogP contribution in [0.5, 0.6) is 0 Å². The van der Waals surface area contributed by atoms with Crippen LogP contribution in [0.3, 0.4) is 0 Å². The molecule has 0 aliphatic rings. The number of hydrogen-bond donors (Lipinski definition) is 0. The molecular weight excluding hydrogens is 302 g/mol. The molecule has 19 heavy (non-hydrogen) atoms. The second kappa shape index (κ2) is 8.36. The van der Waals surface area contributed by atoms with E-state index in [1.165, 1.54) is 12.0 Å². The van der Waals surface area contributed by atoms with Crippen LogP contribution in [-0.4, -0.2) is 29.7 Å². The van der Waals surface area contributed by atoms with Crippen LogP contribution >= 0.6 is 15.9 Å². The Labute approximate surface area is 125 Å². The number of halogens is 1. The SMILES string of the molecule is CC(C)c1ccc(C(=O)N(C)CCCCCBr)cc1. The van der Waals surface area contributed by atoms with Crippen molar-refractivity contribution in [3.05, 3.63) is 35.4 Å². The van der Waals surface area contributed by atoms with Gasteiger partial charge in [-0.25, -0.2) is 0 Å². The maximum atomic E-state index is 12.2. The number of alkyl halides is 1. The quantitative estimate of drug-likeness (QED) is 0.535. The fraction of sp³-hybridized carbons (Fsp3) is 0.562. The van der Waals surface area contributed by atoms with Crippen LogP contribution in [0.4, 0.5) is 0 Å². The van der Waals surface area contributed by atoms with Crippen molar-refractivity contribution in [3.8, 4) is 0 Å². The summed E-state index contributed by atoms with van der Waals surface area (Å²) in [6.07, 6.45) is 3.40. The number of benzene rings is 1. The Kier molecular flexibility index (Phi) is 7.14. The van der Waals surface area contributed by atoms with Crippen molar-refractivity contribution in [1.82, 2.24) is 4.90 Å². The van der Waals surface area contributed by atoms with Gasteiger partial charge in [-0.2, -0.15) is 0 Å². The third kappa shape index (κ3) is 5.35. The summed E-state index contributed by atoms with van der Waals surface area (Å²) < 4.78 is 0. The predicted octanol–water partition coefficient (Wildman–Crippen LogP) is 4.45. The van der Waals surface area contributed by atoms with Crippen LogP contribution in [0.15, 0.2) is 24.3 Å². The molecule has 0 aliphatic carbocycles. The minimum absolute atomic E-state index is 0.120. The molecule has 0 aliphatic heterocycles. The minimum Gasteiger partial charge on any atom is -0.342 e. The highest BCUT2D eigenvalue weighted by atomic mass is 79.9. The summed E-state index contributed by atoms with van der Waals surface area (Å²) >= 11 is 3.42. The van der Waals surface area contributed by atoms with Gasteiger partial charge in [-0.15, -0.1) is 0 Å². The first kappa shape index (κ1) is 16.2. The van der Waals surface area contributed by atoms with Crippen LogP contribution in [0, 0.1) is 0 Å². The molecule has 1 amide bonds. The summed E-state index contributed by atoms with van der Waals surface area (Å²) in [6.45, 7) is 5.15. The maximum Gasteiger partial charge on any atom is 0.253 e. The lowest BCUT2D eigenvalue weighted by atomic mass is 10.0. The third-order valence-electron chi connectivity index (χ3n) is 3.30. The monoisotopic (exact) mass is 325 g/mol. The molecule has 2 nitrogen and oxygen atoms in total. The molecule has 0 saturated carbocycles. The van der Waals surface area contributed by atoms with E-state index in [1.807, 2.05) is 24.1 Å². The van der Waals surface area contributed by atoms with Gasteiger partial charge in [0.1, 0.15) is 0 Å². The van der Waals surface area contributed by atoms with Gasteiger partial charge in [0, 0.05) is 24.5 Å². The van der Waals surface area contributed by atoms with Crippen molar-refractivity contribution in [3.63, 3.8) is 0 Å². The topological polar surface area (TPSA) is 20.3 Å². The standard InChI is InChI=1S/C16H24BrNO/c1-13(2)14-7-9-15(10-8-14)16(19)18(3)12-6-4-5-11-17/h7-10,13H,4-6,11-12H2,1-3H3. The molecule has 0 heterocycles. The van der Waals surface area contributed by atoms with E-state index in [-0.39, 0.29) is 5.91 Å². The van der Waals surface area contributed by atoms with Gasteiger partial charge in [0.05, 0.1) is 0 Å². The average Bonchev–Trinajstić information content (AvgIpc) is 2.42. The summed E-state index contributed by atoms with van der Waals surface area (Å²) in [6, 6.07) is 7.98. The number of hydrogen-bond acceptors (Lipinski definition) is 1. The molecule has 0 fully saturated rings. The zero-order chi connectivity index (χ0) is 14.3. The first-order valence-corrected chi connectivity index (χ1v) is 8.09. The predicted molar refractivity (Wildman–Crippen MR) is 85.1 cm³/mol. The fourth-order valence-electron chi connectivity index (χ4n) is 1.95. The Morgan fingerprint density at radius 2 is 1.79 bits per heavy atom. The van der Waals surface area contributed by atoms with Gasteiger partial charge >= 0.3 is 0 Å². The normalized spacial score (nSPS) is 10.8. The number of amides is 1. The lowest BCUT2D eigenvalue weighted by Gasteiger charge is -2.17. The van der Waals surface area contributed by atoms with E-state index in [0.717, 1.165) is 30.3 Å². The van der Waals surface area contributed by atoms with Crippen LogP contribution in [0.1, 0.15) is 54.9 Å². The molecule has 0 unspecified atom stereocenters. The number of nitrogens with zero attached hydrogens (tertiary/aromatic N) is 1. The lowest BCUT2D eigenvalue weighted by Crippen LogP contribution is -2.27. The lowest BCUT2D eigenvalue weighted by molar-refractivity contribution is 0.0792. The van der Waals surface area contributed by atoms with Crippen LogP contribution in [0.2, 0.25) is 0 Å². The van der Waals surface area contributed by atoms with E-state index in [9.17, 15) is 4.79 Å². The van der Waals surface area contributed by atoms with Gasteiger partial charge in [-0.05, 0) is 36.5 Å². The molecule has 0 saturated heterocycles. The zero-order valence-electron chi connectivity index (χ0n) is 12.2. The molecule has 1 rings (SSSR count). The molecular formula is C16H24BrNO. The maximum absolute atomic E-state index is 12.2. The van der Waals surface area contributed by atoms with Gasteiger partial charge < -0.3 is 4.90 Å². The number of carbonyl (C=O) groups excluding carboxylic acids is 1. The van der Waals surface area contributed by atoms with Crippen molar-refractivity contribution >= 4 is 21.8 Å². The van der Waals surface area contributed by atoms with E-state index >= 15 is 0 Å². The van der Waals surface area contributed by atoms with E-state index in [0.29, 0.717) is 5.92 Å². The average molecular weight is 326 g/mol. The molecule has 3 heteroatoms. The molecule has 0 bridgehead atoms. The van der Waals surface area contributed by atoms with E-state index in [1.54, 1.807) is 0 Å². The third-order valence-corrected chi connectivity index (χ3v) is 3.86. The molecule has 0 aromatic heterocycles. The van der Waals surface area contributed by atoms with E-state index in [2.05, 4.69) is 41.9 Å². The van der Waals surface area contributed by atoms with Crippen molar-refractivity contribution in [2.24, 2.45) is 0 Å². The Morgan fingerprint density at radius 3 is 2.32 bits per heavy atom. The molecule has 1 aromatic carbocycles. The van der Waals surface area contributed by atoms with Gasteiger partial charge in [-0.3, -0.25) is 4.79 Å². The highest BCUT2D eigenvalue weighted by Gasteiger charge is 2.11. The summed E-state index contributed by atoms with van der Waals surface area (Å²) in [5.41, 5.74) is 2.06. The van der Waals surface area contributed by atoms with Gasteiger partial charge in [0.25, 0.3) is 5.91 Å². The Bertz CT molecular complexity index is 386. The summed E-state index contributed by atoms with van der Waals surface area (Å²) in [4.78, 5) is 14.0. The smallest absolute Gasteiger partial charge is 0.253 e. The number of carbonyl (C=O) groups is 1. The van der Waals surface area contributed by atoms with Gasteiger partial charge in [0.15, 0.2) is 0 Å². The van der Waals surface area contributed by atoms with Crippen LogP contribution < -0.4 is 0 Å². The Hall–Kier alpha value is -0.830. The van der Waals surface area contributed by atoms with Crippen LogP contribution in [-0.2, 0) is 0 Å². The summed E-state index contributed by atoms with van der Waals surface area (Å²) in [7, 11) is 1.88. The second-order valence-electron chi connectivity index (χ2n) is 5.25. The molecule has 0 radical (unpaired) electrons. The first-order chi connectivity index (χ1) is 9.06. The van der Waals surface area contributed by atoms with Crippen molar-refractivity contribution in [2.45, 2.75) is 39.0 Å². The number of rotatable bonds is 7. The summed E-state index contributed by atoms with van der Waals surface area (Å²) in [5.74, 6) is 0.625. The van der Waals surface area contributed by atoms with Crippen molar-refractivity contribution in [2.75, 3.05) is 18.9 Å². The van der Waals surface area contributed by atoms with E-state index in [4.69, 9.17) is 0 Å². The van der Waals surface area contributed by atoms with Gasteiger partial charge in [0.2, 0.25) is 0 Å². The Balaban J connectivity index is 2.51. The second-order valence-corrected chi connectivity index (χ2v) is 6.05. The Morgan fingerprint density at radius 1 is 1.16 bits per heavy atom. The number of unbranched alkanes of at least 4 members (excludes halogenated alkanes) is 2. The molecule has 0 N–H and O–H groups in total. The van der Waals surface area contributed by atoms with Gasteiger partial charge in [-0.1, -0.05) is 48.3 Å². The minimum atomic E-state index is 0.120. The van der Waals surface area contributed by atoms with Crippen molar-refractivity contribution in [1.29, 1.82) is 0 Å². The largest absolute Gasteiger partial charge is 0.342 e. The first-order valence-electron chi connectivity index (χ1n) is 6.97.